The van der Waals surface area contributed by atoms with Crippen LogP contribution in [0.4, 0.5) is 13.2 Å². The van der Waals surface area contributed by atoms with Crippen LogP contribution in [-0.2, 0) is 6.42 Å². The summed E-state index contributed by atoms with van der Waals surface area (Å²) in [7, 11) is 0. The second kappa shape index (κ2) is 6.07. The molecule has 2 rings (SSSR count). The smallest absolute Gasteiger partial charge is 0.163 e. The molecule has 1 unspecified atom stereocenters. The van der Waals surface area contributed by atoms with Crippen molar-refractivity contribution in [1.29, 1.82) is 0 Å². The Bertz CT molecular complexity index is 614. The minimum absolute atomic E-state index is 0.121. The number of nitrogens with two attached hydrogens (primary N) is 1. The molecule has 0 aromatic heterocycles. The summed E-state index contributed by atoms with van der Waals surface area (Å²) in [4.78, 5) is 0. The number of hydrogen-bond acceptors (Lipinski definition) is 2. The predicted octanol–water partition coefficient (Wildman–Crippen LogP) is 3.16. The third-order valence-corrected chi connectivity index (χ3v) is 3.29. The molecule has 1 atom stereocenters. The minimum atomic E-state index is -0.940. The van der Waals surface area contributed by atoms with Crippen molar-refractivity contribution in [1.82, 2.24) is 5.43 Å². The molecular weight excluding hydrogens is 265 g/mol. The van der Waals surface area contributed by atoms with Crippen molar-refractivity contribution in [2.45, 2.75) is 19.4 Å². The predicted molar refractivity (Wildman–Crippen MR) is 71.3 cm³/mol. The third-order valence-electron chi connectivity index (χ3n) is 3.29. The Morgan fingerprint density at radius 2 is 1.90 bits per heavy atom. The van der Waals surface area contributed by atoms with Crippen LogP contribution in [0.3, 0.4) is 0 Å². The van der Waals surface area contributed by atoms with Gasteiger partial charge < -0.3 is 0 Å². The molecule has 5 heteroatoms. The lowest BCUT2D eigenvalue weighted by Crippen LogP contribution is -2.30. The van der Waals surface area contributed by atoms with E-state index in [2.05, 4.69) is 5.43 Å². The average molecular weight is 280 g/mol. The maximum absolute atomic E-state index is 13.8. The Morgan fingerprint density at radius 1 is 1.15 bits per heavy atom. The second-order valence-electron chi connectivity index (χ2n) is 4.64. The fourth-order valence-corrected chi connectivity index (χ4v) is 2.13. The first-order valence-corrected chi connectivity index (χ1v) is 6.18. The van der Waals surface area contributed by atoms with E-state index in [9.17, 15) is 13.2 Å². The van der Waals surface area contributed by atoms with Gasteiger partial charge >= 0.3 is 0 Å². The van der Waals surface area contributed by atoms with Crippen LogP contribution in [0.2, 0.25) is 0 Å². The molecule has 0 saturated carbocycles. The highest BCUT2D eigenvalue weighted by atomic mass is 19.2. The van der Waals surface area contributed by atoms with Gasteiger partial charge in [-0.25, -0.2) is 13.2 Å². The number of nitrogens with one attached hydrogen (secondary N) is 1. The molecule has 0 fully saturated rings. The van der Waals surface area contributed by atoms with Gasteiger partial charge in [-0.05, 0) is 42.7 Å². The fourth-order valence-electron chi connectivity index (χ4n) is 2.13. The standard InChI is InChI=1S/C15H15F3N2/c1-9-5-6-11(16)7-10(9)8-14(20-19)12-3-2-4-13(17)15(12)18/h2-7,14,20H,8,19H2,1H3. The average Bonchev–Trinajstić information content (AvgIpc) is 2.43. The Hall–Kier alpha value is -1.85. The van der Waals surface area contributed by atoms with Crippen LogP contribution in [0.15, 0.2) is 36.4 Å². The van der Waals surface area contributed by atoms with Crippen LogP contribution in [0.5, 0.6) is 0 Å². The molecule has 0 amide bonds. The molecule has 0 aliphatic rings. The molecule has 0 heterocycles. The van der Waals surface area contributed by atoms with Crippen molar-refractivity contribution in [2.24, 2.45) is 5.84 Å². The Labute approximate surface area is 115 Å². The molecule has 0 spiro atoms. The molecule has 2 aromatic carbocycles. The topological polar surface area (TPSA) is 38.0 Å². The molecule has 0 saturated heterocycles. The van der Waals surface area contributed by atoms with E-state index in [1.807, 2.05) is 6.92 Å². The van der Waals surface area contributed by atoms with Gasteiger partial charge in [-0.2, -0.15) is 0 Å². The molecule has 20 heavy (non-hydrogen) atoms. The highest BCUT2D eigenvalue weighted by Crippen LogP contribution is 2.24. The summed E-state index contributed by atoms with van der Waals surface area (Å²) in [6.07, 6.45) is 0.264. The molecule has 0 aliphatic heterocycles. The van der Waals surface area contributed by atoms with Crippen molar-refractivity contribution in [3.05, 3.63) is 70.5 Å². The van der Waals surface area contributed by atoms with Gasteiger partial charge in [0, 0.05) is 5.56 Å². The molecule has 0 aliphatic carbocycles. The normalized spacial score (nSPS) is 12.4. The monoisotopic (exact) mass is 280 g/mol. The van der Waals surface area contributed by atoms with Crippen molar-refractivity contribution in [2.75, 3.05) is 0 Å². The quantitative estimate of drug-likeness (QED) is 0.667. The van der Waals surface area contributed by atoms with Gasteiger partial charge in [0.25, 0.3) is 0 Å². The lowest BCUT2D eigenvalue weighted by atomic mass is 9.96. The van der Waals surface area contributed by atoms with E-state index in [0.717, 1.165) is 11.6 Å². The third kappa shape index (κ3) is 3.00. The summed E-state index contributed by atoms with van der Waals surface area (Å²) in [5.41, 5.74) is 4.13. The lowest BCUT2D eigenvalue weighted by molar-refractivity contribution is 0.463. The number of rotatable bonds is 4. The van der Waals surface area contributed by atoms with Crippen LogP contribution in [0, 0.1) is 24.4 Å². The van der Waals surface area contributed by atoms with E-state index >= 15 is 0 Å². The molecule has 2 aromatic rings. The van der Waals surface area contributed by atoms with Crippen molar-refractivity contribution in [3.63, 3.8) is 0 Å². The molecule has 2 nitrogen and oxygen atoms in total. The molecule has 106 valence electrons. The highest BCUT2D eigenvalue weighted by molar-refractivity contribution is 5.30. The first-order chi connectivity index (χ1) is 9.52. The van der Waals surface area contributed by atoms with E-state index in [1.165, 1.54) is 24.3 Å². The first-order valence-electron chi connectivity index (χ1n) is 6.18. The summed E-state index contributed by atoms with van der Waals surface area (Å²) in [5, 5.41) is 0. The van der Waals surface area contributed by atoms with Gasteiger partial charge in [-0.3, -0.25) is 11.3 Å². The Morgan fingerprint density at radius 3 is 2.60 bits per heavy atom. The van der Waals surface area contributed by atoms with E-state index in [1.54, 1.807) is 6.07 Å². The number of aryl methyl sites for hydroxylation is 1. The maximum atomic E-state index is 13.8. The highest BCUT2D eigenvalue weighted by Gasteiger charge is 2.18. The Kier molecular flexibility index (Phi) is 4.42. The van der Waals surface area contributed by atoms with Gasteiger partial charge in [0.05, 0.1) is 6.04 Å². The van der Waals surface area contributed by atoms with Gasteiger partial charge in [-0.15, -0.1) is 0 Å². The summed E-state index contributed by atoms with van der Waals surface area (Å²) in [5.74, 6) is 3.18. The lowest BCUT2D eigenvalue weighted by Gasteiger charge is -2.18. The zero-order valence-corrected chi connectivity index (χ0v) is 11.0. The molecule has 3 N–H and O–H groups in total. The largest absolute Gasteiger partial charge is 0.271 e. The van der Waals surface area contributed by atoms with Gasteiger partial charge in [0.15, 0.2) is 11.6 Å². The molecule has 0 bridgehead atoms. The molecular formula is C15H15F3N2. The summed E-state index contributed by atoms with van der Waals surface area (Å²) < 4.78 is 40.3. The van der Waals surface area contributed by atoms with Crippen molar-refractivity contribution < 1.29 is 13.2 Å². The zero-order valence-electron chi connectivity index (χ0n) is 11.0. The first kappa shape index (κ1) is 14.6. The van der Waals surface area contributed by atoms with Crippen LogP contribution in [0.1, 0.15) is 22.7 Å². The Balaban J connectivity index is 2.34. The van der Waals surface area contributed by atoms with Gasteiger partial charge in [-0.1, -0.05) is 18.2 Å². The van der Waals surface area contributed by atoms with Crippen LogP contribution >= 0.6 is 0 Å². The second-order valence-corrected chi connectivity index (χ2v) is 4.64. The van der Waals surface area contributed by atoms with Crippen LogP contribution in [-0.4, -0.2) is 0 Å². The molecule has 0 radical (unpaired) electrons. The van der Waals surface area contributed by atoms with Gasteiger partial charge in [0.1, 0.15) is 5.82 Å². The SMILES string of the molecule is Cc1ccc(F)cc1CC(NN)c1cccc(F)c1F. The minimum Gasteiger partial charge on any atom is -0.271 e. The zero-order chi connectivity index (χ0) is 14.7. The van der Waals surface area contributed by atoms with Crippen molar-refractivity contribution in [3.8, 4) is 0 Å². The number of benzene rings is 2. The van der Waals surface area contributed by atoms with E-state index < -0.39 is 17.7 Å². The van der Waals surface area contributed by atoms with E-state index in [0.29, 0.717) is 5.56 Å². The maximum Gasteiger partial charge on any atom is 0.163 e. The number of halogens is 3. The van der Waals surface area contributed by atoms with Crippen molar-refractivity contribution >= 4 is 0 Å². The summed E-state index contributed by atoms with van der Waals surface area (Å²) >= 11 is 0. The number of hydrogen-bond donors (Lipinski definition) is 2. The van der Waals surface area contributed by atoms with E-state index in [4.69, 9.17) is 5.84 Å². The summed E-state index contributed by atoms with van der Waals surface area (Å²) in [6.45, 7) is 1.82. The van der Waals surface area contributed by atoms with Crippen LogP contribution in [0.25, 0.3) is 0 Å². The van der Waals surface area contributed by atoms with Gasteiger partial charge in [0.2, 0.25) is 0 Å². The number of hydrazine groups is 1. The fraction of sp³-hybridized carbons (Fsp3) is 0.200. The van der Waals surface area contributed by atoms with E-state index in [-0.39, 0.29) is 17.8 Å². The van der Waals surface area contributed by atoms with Crippen LogP contribution < -0.4 is 11.3 Å². The summed E-state index contributed by atoms with van der Waals surface area (Å²) in [6, 6.07) is 7.64.